The molecule has 3 N–H and O–H groups in total. The minimum absolute atomic E-state index is 0.0119. The first-order chi connectivity index (χ1) is 17.0. The van der Waals surface area contributed by atoms with E-state index < -0.39 is 46.8 Å². The Kier molecular flexibility index (Phi) is 7.90. The van der Waals surface area contributed by atoms with Crippen LogP contribution in [-0.2, 0) is 27.5 Å². The molecule has 0 bridgehead atoms. The van der Waals surface area contributed by atoms with E-state index in [0.717, 1.165) is 5.56 Å². The van der Waals surface area contributed by atoms with Crippen molar-refractivity contribution in [1.82, 2.24) is 19.7 Å². The van der Waals surface area contributed by atoms with Crippen LogP contribution in [0.15, 0.2) is 47.5 Å². The lowest BCUT2D eigenvalue weighted by molar-refractivity contribution is 0.0438. The van der Waals surface area contributed by atoms with E-state index in [9.17, 15) is 27.1 Å². The molecule has 1 aliphatic carbocycles. The van der Waals surface area contributed by atoms with Crippen LogP contribution in [0, 0.1) is 17.7 Å². The van der Waals surface area contributed by atoms with E-state index in [1.165, 1.54) is 29.3 Å². The molecule has 1 aromatic carbocycles. The van der Waals surface area contributed by atoms with Crippen LogP contribution in [0.1, 0.15) is 33.7 Å². The number of aliphatic hydroxyl groups excluding tert-OH is 1. The first-order valence-electron chi connectivity index (χ1n) is 10.8. The van der Waals surface area contributed by atoms with Gasteiger partial charge in [0.05, 0.1) is 35.0 Å². The summed E-state index contributed by atoms with van der Waals surface area (Å²) in [6.45, 7) is -0.148. The lowest BCUT2D eigenvalue weighted by Crippen LogP contribution is -2.29. The molecule has 0 radical (unpaired) electrons. The van der Waals surface area contributed by atoms with Crippen molar-refractivity contribution < 1.29 is 31.3 Å². The molecule has 4 atom stereocenters. The third-order valence-electron chi connectivity index (χ3n) is 6.01. The van der Waals surface area contributed by atoms with E-state index >= 15 is 0 Å². The van der Waals surface area contributed by atoms with Gasteiger partial charge in [-0.2, -0.15) is 13.5 Å². The summed E-state index contributed by atoms with van der Waals surface area (Å²) in [5, 5.41) is 19.3. The molecule has 0 unspecified atom stereocenters. The lowest BCUT2D eigenvalue weighted by atomic mass is 9.95. The molecule has 2 aromatic heterocycles. The van der Waals surface area contributed by atoms with Crippen molar-refractivity contribution in [2.24, 2.45) is 17.0 Å². The molecule has 1 saturated carbocycles. The zero-order valence-corrected chi connectivity index (χ0v) is 21.1. The van der Waals surface area contributed by atoms with Gasteiger partial charge in [-0.3, -0.25) is 13.7 Å². The largest absolute Gasteiger partial charge is 0.390 e. The fourth-order valence-corrected chi connectivity index (χ4v) is 5.02. The van der Waals surface area contributed by atoms with Gasteiger partial charge in [0.2, 0.25) is 5.78 Å². The monoisotopic (exact) mass is 585 g/mol. The van der Waals surface area contributed by atoms with Crippen molar-refractivity contribution in [2.75, 3.05) is 6.61 Å². The van der Waals surface area contributed by atoms with Gasteiger partial charge in [-0.1, -0.05) is 6.07 Å². The van der Waals surface area contributed by atoms with E-state index in [4.69, 9.17) is 5.14 Å². The summed E-state index contributed by atoms with van der Waals surface area (Å²) in [6.07, 6.45) is 1.16. The molecule has 36 heavy (non-hydrogen) atoms. The van der Waals surface area contributed by atoms with Gasteiger partial charge >= 0.3 is 10.3 Å². The Balaban J connectivity index is 1.47. The zero-order valence-electron chi connectivity index (χ0n) is 18.7. The molecule has 192 valence electrons. The maximum Gasteiger partial charge on any atom is 0.333 e. The van der Waals surface area contributed by atoms with Gasteiger partial charge in [0.1, 0.15) is 24.0 Å². The van der Waals surface area contributed by atoms with E-state index in [1.807, 2.05) is 0 Å². The number of aliphatic hydroxyl groups is 1. The third-order valence-corrected chi connectivity index (χ3v) is 7.08. The highest BCUT2D eigenvalue weighted by atomic mass is 79.9. The van der Waals surface area contributed by atoms with Crippen LogP contribution in [0.4, 0.5) is 8.78 Å². The molecule has 4 rings (SSSR count). The summed E-state index contributed by atoms with van der Waals surface area (Å²) >= 11 is 3.14. The molecule has 1 fully saturated rings. The molecule has 3 aromatic rings. The minimum Gasteiger partial charge on any atom is -0.390 e. The maximum absolute atomic E-state index is 14.8. The number of hydrogen-bond donors (Lipinski definition) is 2. The minimum atomic E-state index is -4.23. The predicted molar refractivity (Wildman–Crippen MR) is 126 cm³/mol. The summed E-state index contributed by atoms with van der Waals surface area (Å²) in [4.78, 5) is 21.2. The second-order valence-electron chi connectivity index (χ2n) is 8.53. The second-order valence-corrected chi connectivity index (χ2v) is 10.6. The molecule has 10 nitrogen and oxygen atoms in total. The van der Waals surface area contributed by atoms with Crippen LogP contribution in [0.2, 0.25) is 0 Å². The molecule has 0 spiro atoms. The van der Waals surface area contributed by atoms with Crippen LogP contribution in [0.25, 0.3) is 0 Å². The predicted octanol–water partition coefficient (Wildman–Crippen LogP) is 1.95. The number of carbonyl (C=O) groups is 1. The molecule has 1 aliphatic rings. The van der Waals surface area contributed by atoms with Gasteiger partial charge in [0, 0.05) is 18.3 Å². The number of halogens is 3. The van der Waals surface area contributed by atoms with Gasteiger partial charge in [-0.15, -0.1) is 0 Å². The molecule has 0 aliphatic heterocycles. The Hall–Kier alpha value is -2.65. The standard InChI is InChI=1S/C22H22BrF2N5O5S/c23-16-5-12(1-2-17(16)24)9-30-4-3-18(29-30)22(32)15-8-27-11-28-19(15)7-13-6-14(21(31)20(13)25)10-35-36(26,33)34/h1-5,8,11,13-14,20-21,31H,6-7,9-10H2,(H2,26,33,34)/t13-,14+,20+,21+/m0/s1. The molecule has 14 heteroatoms. The van der Waals surface area contributed by atoms with Crippen molar-refractivity contribution >= 4 is 32.0 Å². The van der Waals surface area contributed by atoms with Crippen molar-refractivity contribution in [3.63, 3.8) is 0 Å². The van der Waals surface area contributed by atoms with Crippen LogP contribution in [0.3, 0.4) is 0 Å². The van der Waals surface area contributed by atoms with E-state index in [1.54, 1.807) is 18.3 Å². The second kappa shape index (κ2) is 10.8. The number of alkyl halides is 1. The van der Waals surface area contributed by atoms with E-state index in [0.29, 0.717) is 11.0 Å². The number of nitrogens with zero attached hydrogens (tertiary/aromatic N) is 4. The highest BCUT2D eigenvalue weighted by molar-refractivity contribution is 9.10. The average Bonchev–Trinajstić information content (AvgIpc) is 3.40. The van der Waals surface area contributed by atoms with Crippen molar-refractivity contribution in [2.45, 2.75) is 31.7 Å². The van der Waals surface area contributed by atoms with Gasteiger partial charge in [-0.05, 0) is 58.5 Å². The van der Waals surface area contributed by atoms with Crippen molar-refractivity contribution in [3.8, 4) is 0 Å². The Morgan fingerprint density at radius 3 is 2.81 bits per heavy atom. The SMILES string of the molecule is NS(=O)(=O)OC[C@H]1C[C@@H](Cc2ncncc2C(=O)c2ccn(Cc3ccc(F)c(Br)c3)n2)[C@@H](F)[C@@H]1O. The first kappa shape index (κ1) is 26.4. The van der Waals surface area contributed by atoms with Gasteiger partial charge in [0.15, 0.2) is 0 Å². The van der Waals surface area contributed by atoms with Crippen LogP contribution < -0.4 is 5.14 Å². The van der Waals surface area contributed by atoms with Crippen LogP contribution in [-0.4, -0.2) is 57.9 Å². The first-order valence-corrected chi connectivity index (χ1v) is 13.1. The number of ketones is 1. The summed E-state index contributed by atoms with van der Waals surface area (Å²) in [5.41, 5.74) is 1.30. The molecular formula is C22H22BrF2N5O5S. The fourth-order valence-electron chi connectivity index (χ4n) is 4.23. The normalized spacial score (nSPS) is 22.1. The topological polar surface area (TPSA) is 150 Å². The number of carbonyl (C=O) groups excluding carboxylic acids is 1. The fraction of sp³-hybridized carbons (Fsp3) is 0.364. The molecular weight excluding hydrogens is 564 g/mol. The Morgan fingerprint density at radius 1 is 1.31 bits per heavy atom. The quantitative estimate of drug-likeness (QED) is 0.362. The highest BCUT2D eigenvalue weighted by Gasteiger charge is 2.43. The number of aromatic nitrogens is 4. The number of hydrogen-bond acceptors (Lipinski definition) is 8. The van der Waals surface area contributed by atoms with Crippen LogP contribution in [0.5, 0.6) is 0 Å². The van der Waals surface area contributed by atoms with Gasteiger partial charge in [-0.25, -0.2) is 23.9 Å². The van der Waals surface area contributed by atoms with E-state index in [-0.39, 0.29) is 35.6 Å². The Labute approximate surface area is 213 Å². The summed E-state index contributed by atoms with van der Waals surface area (Å²) in [6, 6.07) is 6.07. The zero-order chi connectivity index (χ0) is 26.0. The Bertz CT molecular complexity index is 1370. The lowest BCUT2D eigenvalue weighted by Gasteiger charge is -2.15. The highest BCUT2D eigenvalue weighted by Crippen LogP contribution is 2.36. The number of benzene rings is 1. The number of nitrogens with two attached hydrogens (primary N) is 1. The molecule has 0 amide bonds. The van der Waals surface area contributed by atoms with Crippen molar-refractivity contribution in [3.05, 3.63) is 75.8 Å². The summed E-state index contributed by atoms with van der Waals surface area (Å²) < 4.78 is 56.7. The number of rotatable bonds is 9. The molecule has 2 heterocycles. The van der Waals surface area contributed by atoms with Crippen molar-refractivity contribution in [1.29, 1.82) is 0 Å². The summed E-state index contributed by atoms with van der Waals surface area (Å²) in [5.74, 6) is -2.37. The average molecular weight is 586 g/mol. The Morgan fingerprint density at radius 2 is 2.08 bits per heavy atom. The smallest absolute Gasteiger partial charge is 0.333 e. The van der Waals surface area contributed by atoms with Crippen LogP contribution >= 0.6 is 15.9 Å². The third kappa shape index (κ3) is 6.18. The maximum atomic E-state index is 14.8. The summed E-state index contributed by atoms with van der Waals surface area (Å²) in [7, 11) is -4.23. The molecule has 0 saturated heterocycles. The van der Waals surface area contributed by atoms with Gasteiger partial charge in [0.25, 0.3) is 0 Å². The van der Waals surface area contributed by atoms with E-state index in [2.05, 4.69) is 35.2 Å². The van der Waals surface area contributed by atoms with Gasteiger partial charge < -0.3 is 5.11 Å².